The number of nitrogens with zero attached hydrogens (tertiary/aromatic N) is 1. The first-order valence-electron chi connectivity index (χ1n) is 7.22. The summed E-state index contributed by atoms with van der Waals surface area (Å²) < 4.78 is 5.87. The molecule has 1 saturated heterocycles. The van der Waals surface area contributed by atoms with Crippen molar-refractivity contribution < 1.29 is 4.74 Å². The second-order valence-electron chi connectivity index (χ2n) is 5.77. The number of piperidine rings is 1. The smallest absolute Gasteiger partial charge is 0.0720 e. The van der Waals surface area contributed by atoms with Crippen LogP contribution in [0.4, 0.5) is 0 Å². The molecule has 2 aliphatic rings. The van der Waals surface area contributed by atoms with Gasteiger partial charge in [0.2, 0.25) is 0 Å². The van der Waals surface area contributed by atoms with Crippen LogP contribution < -0.4 is 0 Å². The van der Waals surface area contributed by atoms with Crippen molar-refractivity contribution in [3.8, 4) is 0 Å². The summed E-state index contributed by atoms with van der Waals surface area (Å²) in [7, 11) is 0. The van der Waals surface area contributed by atoms with Gasteiger partial charge in [0.15, 0.2) is 0 Å². The number of hydrogen-bond acceptors (Lipinski definition) is 2. The van der Waals surface area contributed by atoms with Crippen LogP contribution in [0.15, 0.2) is 24.3 Å². The van der Waals surface area contributed by atoms with E-state index in [9.17, 15) is 0 Å². The Morgan fingerprint density at radius 3 is 2.78 bits per heavy atom. The van der Waals surface area contributed by atoms with E-state index in [1.165, 1.54) is 44.5 Å². The van der Waals surface area contributed by atoms with Crippen LogP contribution in [-0.4, -0.2) is 31.1 Å². The molecule has 2 heteroatoms. The minimum atomic E-state index is 0.305. The van der Waals surface area contributed by atoms with Crippen molar-refractivity contribution in [2.24, 2.45) is 0 Å². The van der Waals surface area contributed by atoms with Gasteiger partial charge in [-0.15, -0.1) is 0 Å². The molecule has 0 amide bonds. The molecule has 0 aliphatic carbocycles. The highest BCUT2D eigenvalue weighted by Gasteiger charge is 2.39. The molecule has 2 heterocycles. The molecule has 2 nitrogen and oxygen atoms in total. The maximum atomic E-state index is 5.87. The van der Waals surface area contributed by atoms with Gasteiger partial charge >= 0.3 is 0 Å². The maximum absolute atomic E-state index is 5.87. The lowest BCUT2D eigenvalue weighted by atomic mass is 9.71. The third-order valence-corrected chi connectivity index (χ3v) is 4.58. The molecule has 1 aromatic carbocycles. The molecule has 0 bridgehead atoms. The van der Waals surface area contributed by atoms with Gasteiger partial charge in [-0.2, -0.15) is 0 Å². The molecule has 1 aromatic rings. The van der Waals surface area contributed by atoms with E-state index in [4.69, 9.17) is 4.74 Å². The van der Waals surface area contributed by atoms with Crippen molar-refractivity contribution in [2.75, 3.05) is 26.2 Å². The first-order valence-corrected chi connectivity index (χ1v) is 7.22. The fourth-order valence-electron chi connectivity index (χ4n) is 3.53. The van der Waals surface area contributed by atoms with E-state index < -0.39 is 0 Å². The number of hydrogen-bond donors (Lipinski definition) is 0. The predicted molar refractivity (Wildman–Crippen MR) is 73.7 cm³/mol. The number of benzene rings is 1. The zero-order chi connectivity index (χ0) is 12.4. The third kappa shape index (κ3) is 2.08. The van der Waals surface area contributed by atoms with Gasteiger partial charge in [-0.3, -0.25) is 0 Å². The first kappa shape index (κ1) is 12.2. The van der Waals surface area contributed by atoms with Gasteiger partial charge in [-0.1, -0.05) is 31.2 Å². The van der Waals surface area contributed by atoms with Gasteiger partial charge in [0, 0.05) is 5.41 Å². The minimum absolute atomic E-state index is 0.305. The van der Waals surface area contributed by atoms with E-state index in [0.717, 1.165) is 13.2 Å². The van der Waals surface area contributed by atoms with Gasteiger partial charge < -0.3 is 9.64 Å². The molecule has 98 valence electrons. The standard InChI is InChI=1S/C16H23NO/c1-2-9-17-10-7-16(8-11-17)13-18-12-14-5-3-4-6-15(14)16/h3-6H,2,7-13H2,1H3. The Bertz CT molecular complexity index is 407. The van der Waals surface area contributed by atoms with Crippen molar-refractivity contribution in [3.63, 3.8) is 0 Å². The summed E-state index contributed by atoms with van der Waals surface area (Å²) >= 11 is 0. The zero-order valence-corrected chi connectivity index (χ0v) is 11.3. The Morgan fingerprint density at radius 2 is 2.00 bits per heavy atom. The van der Waals surface area contributed by atoms with Crippen molar-refractivity contribution >= 4 is 0 Å². The molecule has 1 spiro atoms. The zero-order valence-electron chi connectivity index (χ0n) is 11.3. The Hall–Kier alpha value is -0.860. The van der Waals surface area contributed by atoms with E-state index in [1.807, 2.05) is 0 Å². The molecule has 0 atom stereocenters. The normalized spacial score (nSPS) is 22.9. The van der Waals surface area contributed by atoms with Gasteiger partial charge in [0.25, 0.3) is 0 Å². The van der Waals surface area contributed by atoms with Gasteiger partial charge in [0.05, 0.1) is 13.2 Å². The van der Waals surface area contributed by atoms with Crippen LogP contribution in [0.5, 0.6) is 0 Å². The molecular formula is C16H23NO. The Morgan fingerprint density at radius 1 is 1.22 bits per heavy atom. The molecule has 0 N–H and O–H groups in total. The molecule has 3 rings (SSSR count). The number of rotatable bonds is 2. The van der Waals surface area contributed by atoms with Crippen LogP contribution >= 0.6 is 0 Å². The van der Waals surface area contributed by atoms with Crippen LogP contribution in [0, 0.1) is 0 Å². The van der Waals surface area contributed by atoms with Crippen LogP contribution in [0.25, 0.3) is 0 Å². The van der Waals surface area contributed by atoms with E-state index >= 15 is 0 Å². The Labute approximate surface area is 110 Å². The van der Waals surface area contributed by atoms with Gasteiger partial charge in [-0.05, 0) is 50.0 Å². The minimum Gasteiger partial charge on any atom is -0.376 e. The largest absolute Gasteiger partial charge is 0.376 e. The maximum Gasteiger partial charge on any atom is 0.0720 e. The summed E-state index contributed by atoms with van der Waals surface area (Å²) in [4.78, 5) is 2.60. The second kappa shape index (κ2) is 5.02. The monoisotopic (exact) mass is 245 g/mol. The lowest BCUT2D eigenvalue weighted by molar-refractivity contribution is 0.0188. The quantitative estimate of drug-likeness (QED) is 0.794. The van der Waals surface area contributed by atoms with Crippen molar-refractivity contribution in [3.05, 3.63) is 35.4 Å². The average Bonchev–Trinajstić information content (AvgIpc) is 2.43. The molecule has 18 heavy (non-hydrogen) atoms. The molecular weight excluding hydrogens is 222 g/mol. The van der Waals surface area contributed by atoms with E-state index in [-0.39, 0.29) is 0 Å². The lowest BCUT2D eigenvalue weighted by Gasteiger charge is -2.45. The van der Waals surface area contributed by atoms with Crippen molar-refractivity contribution in [1.82, 2.24) is 4.90 Å². The van der Waals surface area contributed by atoms with E-state index in [1.54, 1.807) is 5.56 Å². The molecule has 2 aliphatic heterocycles. The van der Waals surface area contributed by atoms with Crippen molar-refractivity contribution in [2.45, 2.75) is 38.2 Å². The van der Waals surface area contributed by atoms with E-state index in [2.05, 4.69) is 36.1 Å². The second-order valence-corrected chi connectivity index (χ2v) is 5.77. The lowest BCUT2D eigenvalue weighted by Crippen LogP contribution is -2.47. The molecule has 0 aromatic heterocycles. The van der Waals surface area contributed by atoms with E-state index in [0.29, 0.717) is 5.41 Å². The topological polar surface area (TPSA) is 12.5 Å². The predicted octanol–water partition coefficient (Wildman–Crippen LogP) is 2.96. The highest BCUT2D eigenvalue weighted by Crippen LogP contribution is 2.40. The van der Waals surface area contributed by atoms with Crippen molar-refractivity contribution in [1.29, 1.82) is 0 Å². The number of likely N-dealkylation sites (tertiary alicyclic amines) is 1. The van der Waals surface area contributed by atoms with Gasteiger partial charge in [-0.25, -0.2) is 0 Å². The Kier molecular flexibility index (Phi) is 3.40. The highest BCUT2D eigenvalue weighted by molar-refractivity contribution is 5.36. The highest BCUT2D eigenvalue weighted by atomic mass is 16.5. The third-order valence-electron chi connectivity index (χ3n) is 4.58. The van der Waals surface area contributed by atoms with Crippen LogP contribution in [0.1, 0.15) is 37.3 Å². The molecule has 1 fully saturated rings. The number of fused-ring (bicyclic) bond motifs is 2. The summed E-state index contributed by atoms with van der Waals surface area (Å²) in [5.74, 6) is 0. The first-order chi connectivity index (χ1) is 8.84. The summed E-state index contributed by atoms with van der Waals surface area (Å²) in [5.41, 5.74) is 3.28. The molecule has 0 radical (unpaired) electrons. The summed E-state index contributed by atoms with van der Waals surface area (Å²) in [6.45, 7) is 7.69. The molecule has 0 saturated carbocycles. The van der Waals surface area contributed by atoms with Crippen LogP contribution in [0.2, 0.25) is 0 Å². The fraction of sp³-hybridized carbons (Fsp3) is 0.625. The Balaban J connectivity index is 1.81. The van der Waals surface area contributed by atoms with Gasteiger partial charge in [0.1, 0.15) is 0 Å². The fourth-order valence-corrected chi connectivity index (χ4v) is 3.53. The SMILES string of the molecule is CCCN1CCC2(CC1)COCc1ccccc12. The average molecular weight is 245 g/mol. The summed E-state index contributed by atoms with van der Waals surface area (Å²) in [6.07, 6.45) is 3.77. The summed E-state index contributed by atoms with van der Waals surface area (Å²) in [5, 5.41) is 0. The molecule has 0 unspecified atom stereocenters. The van der Waals surface area contributed by atoms with Crippen LogP contribution in [0.3, 0.4) is 0 Å². The number of ether oxygens (including phenoxy) is 1. The summed E-state index contributed by atoms with van der Waals surface area (Å²) in [6, 6.07) is 8.87. The van der Waals surface area contributed by atoms with Crippen LogP contribution in [-0.2, 0) is 16.8 Å².